The molecule has 19 heavy (non-hydrogen) atoms. The first-order valence-corrected chi connectivity index (χ1v) is 8.48. The van der Waals surface area contributed by atoms with Gasteiger partial charge >= 0.3 is 0 Å². The molecule has 1 unspecified atom stereocenters. The normalized spacial score (nSPS) is 13.8. The number of nitrogens with one attached hydrogen (secondary N) is 1. The molecule has 1 atom stereocenters. The van der Waals surface area contributed by atoms with Crippen LogP contribution in [0.15, 0.2) is 23.1 Å². The van der Waals surface area contributed by atoms with Gasteiger partial charge in [0.05, 0.1) is 5.02 Å². The molecule has 0 aliphatic heterocycles. The van der Waals surface area contributed by atoms with Crippen LogP contribution in [0.4, 0.5) is 0 Å². The topological polar surface area (TPSA) is 46.2 Å². The maximum Gasteiger partial charge on any atom is 0.242 e. The molecule has 0 aromatic heterocycles. The van der Waals surface area contributed by atoms with Crippen LogP contribution in [-0.4, -0.2) is 20.3 Å². The minimum absolute atomic E-state index is 0.0323. The average molecular weight is 345 g/mol. The molecule has 0 amide bonds. The molecule has 0 fully saturated rings. The zero-order valence-electron chi connectivity index (χ0n) is 10.7. The first-order valence-electron chi connectivity index (χ1n) is 5.81. The van der Waals surface area contributed by atoms with Crippen molar-refractivity contribution < 1.29 is 8.42 Å². The van der Waals surface area contributed by atoms with E-state index >= 15 is 0 Å². The maximum atomic E-state index is 12.1. The maximum absolute atomic E-state index is 12.1. The van der Waals surface area contributed by atoms with Crippen molar-refractivity contribution in [3.63, 3.8) is 0 Å². The number of hydrogen-bond acceptors (Lipinski definition) is 2. The van der Waals surface area contributed by atoms with Gasteiger partial charge in [0.2, 0.25) is 10.0 Å². The van der Waals surface area contributed by atoms with Gasteiger partial charge in [-0.15, -0.1) is 11.6 Å². The van der Waals surface area contributed by atoms with Gasteiger partial charge in [0, 0.05) is 16.9 Å². The van der Waals surface area contributed by atoms with Crippen molar-refractivity contribution in [2.75, 3.05) is 6.54 Å². The Morgan fingerprint density at radius 2 is 1.89 bits per heavy atom. The molecule has 0 spiro atoms. The number of benzene rings is 1. The van der Waals surface area contributed by atoms with Crippen LogP contribution < -0.4 is 4.72 Å². The molecule has 0 radical (unpaired) electrons. The fourth-order valence-corrected chi connectivity index (χ4v) is 3.92. The summed E-state index contributed by atoms with van der Waals surface area (Å²) in [6.07, 6.45) is 0.730. The zero-order valence-corrected chi connectivity index (χ0v) is 13.7. The van der Waals surface area contributed by atoms with E-state index in [2.05, 4.69) is 4.72 Å². The number of alkyl halides is 1. The van der Waals surface area contributed by atoms with Crippen molar-refractivity contribution >= 4 is 44.8 Å². The Kier molecular flexibility index (Phi) is 6.40. The molecule has 1 aromatic carbocycles. The third-order valence-corrected chi connectivity index (χ3v) is 4.88. The Morgan fingerprint density at radius 3 is 2.47 bits per heavy atom. The van der Waals surface area contributed by atoms with E-state index in [9.17, 15) is 8.42 Å². The highest BCUT2D eigenvalue weighted by Crippen LogP contribution is 2.25. The van der Waals surface area contributed by atoms with Crippen LogP contribution in [0.2, 0.25) is 10.0 Å². The average Bonchev–Trinajstić information content (AvgIpc) is 2.29. The fraction of sp³-hybridized carbons (Fsp3) is 0.500. The fourth-order valence-electron chi connectivity index (χ4n) is 1.56. The molecule has 0 saturated carbocycles. The second-order valence-electron chi connectivity index (χ2n) is 4.65. The largest absolute Gasteiger partial charge is 0.242 e. The van der Waals surface area contributed by atoms with Crippen molar-refractivity contribution in [1.82, 2.24) is 4.72 Å². The lowest BCUT2D eigenvalue weighted by Crippen LogP contribution is -2.30. The van der Waals surface area contributed by atoms with Crippen molar-refractivity contribution in [3.8, 4) is 0 Å². The summed E-state index contributed by atoms with van der Waals surface area (Å²) < 4.78 is 26.6. The summed E-state index contributed by atoms with van der Waals surface area (Å²) in [6, 6.07) is 4.30. The van der Waals surface area contributed by atoms with Crippen molar-refractivity contribution in [3.05, 3.63) is 28.2 Å². The minimum atomic E-state index is -3.70. The van der Waals surface area contributed by atoms with Crippen LogP contribution in [0.25, 0.3) is 0 Å². The van der Waals surface area contributed by atoms with E-state index < -0.39 is 10.0 Å². The third kappa shape index (κ3) is 5.48. The van der Waals surface area contributed by atoms with Crippen LogP contribution in [0, 0.1) is 5.92 Å². The number of sulfonamides is 1. The Labute approximate surface area is 129 Å². The molecule has 7 heteroatoms. The third-order valence-electron chi connectivity index (χ3n) is 2.40. The van der Waals surface area contributed by atoms with Gasteiger partial charge in [-0.05, 0) is 30.5 Å². The van der Waals surface area contributed by atoms with Crippen molar-refractivity contribution in [2.45, 2.75) is 30.5 Å². The summed E-state index contributed by atoms with van der Waals surface area (Å²) in [4.78, 5) is -0.0323. The van der Waals surface area contributed by atoms with E-state index in [1.807, 2.05) is 13.8 Å². The zero-order chi connectivity index (χ0) is 14.6. The quantitative estimate of drug-likeness (QED) is 0.795. The minimum Gasteiger partial charge on any atom is -0.210 e. The SMILES string of the molecule is CC(C)CC(Cl)CNS(=O)(=O)c1cc(Cl)ccc1Cl. The molecule has 0 bridgehead atoms. The molecular formula is C12H16Cl3NO2S. The van der Waals surface area contributed by atoms with Crippen LogP contribution in [0.1, 0.15) is 20.3 Å². The van der Waals surface area contributed by atoms with E-state index in [-0.39, 0.29) is 21.8 Å². The van der Waals surface area contributed by atoms with Crippen molar-refractivity contribution in [1.29, 1.82) is 0 Å². The highest BCUT2D eigenvalue weighted by atomic mass is 35.5. The molecule has 1 aromatic rings. The van der Waals surface area contributed by atoms with Gasteiger partial charge in [-0.25, -0.2) is 13.1 Å². The van der Waals surface area contributed by atoms with Gasteiger partial charge in [-0.1, -0.05) is 37.0 Å². The number of hydrogen-bond donors (Lipinski definition) is 1. The molecule has 108 valence electrons. The lowest BCUT2D eigenvalue weighted by Gasteiger charge is -2.14. The Bertz CT molecular complexity index is 532. The molecule has 1 rings (SSSR count). The van der Waals surface area contributed by atoms with Crippen molar-refractivity contribution in [2.24, 2.45) is 5.92 Å². The molecule has 0 aliphatic rings. The predicted molar refractivity (Wildman–Crippen MR) is 80.7 cm³/mol. The highest BCUT2D eigenvalue weighted by molar-refractivity contribution is 7.89. The van der Waals surface area contributed by atoms with Crippen LogP contribution in [0.3, 0.4) is 0 Å². The highest BCUT2D eigenvalue weighted by Gasteiger charge is 2.19. The first-order chi connectivity index (χ1) is 8.72. The van der Waals surface area contributed by atoms with E-state index in [4.69, 9.17) is 34.8 Å². The van der Waals surface area contributed by atoms with Gasteiger partial charge in [0.1, 0.15) is 4.90 Å². The second-order valence-corrected chi connectivity index (χ2v) is 7.85. The smallest absolute Gasteiger partial charge is 0.210 e. The summed E-state index contributed by atoms with van der Waals surface area (Å²) >= 11 is 17.7. The van der Waals surface area contributed by atoms with Gasteiger partial charge in [0.25, 0.3) is 0 Å². The Morgan fingerprint density at radius 1 is 1.26 bits per heavy atom. The van der Waals surface area contributed by atoms with E-state index in [1.54, 1.807) is 0 Å². The summed E-state index contributed by atoms with van der Waals surface area (Å²) in [6.45, 7) is 4.21. The van der Waals surface area contributed by atoms with Crippen LogP contribution >= 0.6 is 34.8 Å². The Balaban J connectivity index is 2.79. The molecule has 3 nitrogen and oxygen atoms in total. The Hall–Kier alpha value is -0.000000000000000111. The van der Waals surface area contributed by atoms with Crippen LogP contribution in [-0.2, 0) is 10.0 Å². The van der Waals surface area contributed by atoms with Gasteiger partial charge in [-0.3, -0.25) is 0 Å². The van der Waals surface area contributed by atoms with E-state index in [1.165, 1.54) is 18.2 Å². The number of halogens is 3. The summed E-state index contributed by atoms with van der Waals surface area (Å²) in [5, 5.41) is 0.189. The summed E-state index contributed by atoms with van der Waals surface area (Å²) in [5.74, 6) is 0.404. The standard InChI is InChI=1S/C12H16Cl3NO2S/c1-8(2)5-10(14)7-16-19(17,18)12-6-9(13)3-4-11(12)15/h3-4,6,8,10,16H,5,7H2,1-2H3. The molecule has 0 saturated heterocycles. The van der Waals surface area contributed by atoms with Gasteiger partial charge in [-0.2, -0.15) is 0 Å². The van der Waals surface area contributed by atoms with Crippen LogP contribution in [0.5, 0.6) is 0 Å². The van der Waals surface area contributed by atoms with Gasteiger partial charge in [0.15, 0.2) is 0 Å². The summed E-state index contributed by atoms with van der Waals surface area (Å²) in [7, 11) is -3.70. The second kappa shape index (κ2) is 7.14. The lowest BCUT2D eigenvalue weighted by molar-refractivity contribution is 0.544. The van der Waals surface area contributed by atoms with E-state index in [0.717, 1.165) is 6.42 Å². The lowest BCUT2D eigenvalue weighted by atomic mass is 10.1. The van der Waals surface area contributed by atoms with Gasteiger partial charge < -0.3 is 0 Å². The number of rotatable bonds is 6. The first kappa shape index (κ1) is 17.1. The predicted octanol–water partition coefficient (Wildman–Crippen LogP) is 3.93. The monoisotopic (exact) mass is 343 g/mol. The molecular weight excluding hydrogens is 329 g/mol. The molecule has 0 aliphatic carbocycles. The molecule has 1 N–H and O–H groups in total. The van der Waals surface area contributed by atoms with E-state index in [0.29, 0.717) is 10.9 Å². The summed E-state index contributed by atoms with van der Waals surface area (Å²) in [5.41, 5.74) is 0. The molecule has 0 heterocycles.